The molecule has 2 aromatic heterocycles. The smallest absolute Gasteiger partial charge is 0.322 e. The van der Waals surface area contributed by atoms with Crippen molar-refractivity contribution < 1.29 is 9.18 Å². The van der Waals surface area contributed by atoms with E-state index in [1.54, 1.807) is 42.6 Å². The van der Waals surface area contributed by atoms with Crippen molar-refractivity contribution in [3.05, 3.63) is 100 Å². The largest absolute Gasteiger partial charge is 0.350 e. The highest BCUT2D eigenvalue weighted by molar-refractivity contribution is 6.04. The Balaban J connectivity index is 1.57. The Morgan fingerprint density at radius 2 is 1.85 bits per heavy atom. The molecule has 1 amide bonds. The first-order valence-corrected chi connectivity index (χ1v) is 8.31. The molecular formula is C20H15FN4O2. The monoisotopic (exact) mass is 362 g/mol. The van der Waals surface area contributed by atoms with Crippen LogP contribution in [-0.2, 0) is 6.54 Å². The third-order valence-corrected chi connectivity index (χ3v) is 4.12. The molecule has 0 aliphatic heterocycles. The minimum absolute atomic E-state index is 0.0283. The van der Waals surface area contributed by atoms with E-state index in [0.29, 0.717) is 11.3 Å². The number of hydrogen-bond acceptors (Lipinski definition) is 3. The van der Waals surface area contributed by atoms with E-state index >= 15 is 0 Å². The first kappa shape index (κ1) is 16.7. The van der Waals surface area contributed by atoms with Crippen molar-refractivity contribution in [1.82, 2.24) is 14.2 Å². The molecule has 7 heteroatoms. The molecule has 0 radical (unpaired) electrons. The minimum Gasteiger partial charge on any atom is -0.322 e. The lowest BCUT2D eigenvalue weighted by molar-refractivity contribution is 0.102. The highest BCUT2D eigenvalue weighted by Crippen LogP contribution is 2.14. The van der Waals surface area contributed by atoms with Gasteiger partial charge in [0.05, 0.1) is 12.1 Å². The quantitative estimate of drug-likeness (QED) is 0.607. The highest BCUT2D eigenvalue weighted by atomic mass is 19.1. The van der Waals surface area contributed by atoms with Crippen LogP contribution in [0.1, 0.15) is 15.9 Å². The maximum Gasteiger partial charge on any atom is 0.350 e. The van der Waals surface area contributed by atoms with E-state index in [0.717, 1.165) is 5.56 Å². The van der Waals surface area contributed by atoms with Crippen molar-refractivity contribution in [3.8, 4) is 0 Å². The van der Waals surface area contributed by atoms with Crippen LogP contribution in [0, 0.1) is 5.82 Å². The number of nitrogens with one attached hydrogen (secondary N) is 1. The lowest BCUT2D eigenvalue weighted by Crippen LogP contribution is -2.21. The molecule has 4 rings (SSSR count). The van der Waals surface area contributed by atoms with E-state index in [4.69, 9.17) is 0 Å². The number of halogens is 1. The van der Waals surface area contributed by atoms with Gasteiger partial charge in [0.15, 0.2) is 5.65 Å². The molecular weight excluding hydrogens is 347 g/mol. The van der Waals surface area contributed by atoms with Crippen molar-refractivity contribution in [2.24, 2.45) is 0 Å². The van der Waals surface area contributed by atoms with Gasteiger partial charge in [0.1, 0.15) is 5.82 Å². The fraction of sp³-hybridized carbons (Fsp3) is 0.0500. The van der Waals surface area contributed by atoms with E-state index in [2.05, 4.69) is 10.4 Å². The molecule has 4 aromatic rings. The second-order valence-electron chi connectivity index (χ2n) is 6.00. The van der Waals surface area contributed by atoms with Crippen molar-refractivity contribution >= 4 is 17.2 Å². The third-order valence-electron chi connectivity index (χ3n) is 4.12. The Bertz CT molecular complexity index is 1200. The number of anilines is 1. The van der Waals surface area contributed by atoms with Gasteiger partial charge in [-0.15, -0.1) is 5.10 Å². The van der Waals surface area contributed by atoms with E-state index in [1.807, 2.05) is 12.1 Å². The number of rotatable bonds is 4. The molecule has 2 aromatic carbocycles. The Labute approximate surface area is 153 Å². The van der Waals surface area contributed by atoms with Gasteiger partial charge in [-0.3, -0.25) is 9.20 Å². The zero-order valence-electron chi connectivity index (χ0n) is 14.2. The highest BCUT2D eigenvalue weighted by Gasteiger charge is 2.12. The second-order valence-corrected chi connectivity index (χ2v) is 6.00. The molecule has 0 bridgehead atoms. The van der Waals surface area contributed by atoms with Gasteiger partial charge in [0.2, 0.25) is 0 Å². The summed E-state index contributed by atoms with van der Waals surface area (Å²) in [7, 11) is 0. The number of carbonyl (C=O) groups is 1. The molecule has 6 nitrogen and oxygen atoms in total. The fourth-order valence-electron chi connectivity index (χ4n) is 2.84. The summed E-state index contributed by atoms with van der Waals surface area (Å²) in [6.45, 7) is 0.254. The molecule has 0 spiro atoms. The van der Waals surface area contributed by atoms with Crippen molar-refractivity contribution in [2.45, 2.75) is 6.54 Å². The van der Waals surface area contributed by atoms with E-state index in [1.165, 1.54) is 27.3 Å². The molecule has 0 unspecified atom stereocenters. The number of carbonyl (C=O) groups excluding carboxylic acids is 1. The van der Waals surface area contributed by atoms with Gasteiger partial charge < -0.3 is 5.32 Å². The average Bonchev–Trinajstić information content (AvgIpc) is 2.98. The predicted octanol–water partition coefficient (Wildman–Crippen LogP) is 2.94. The molecule has 0 saturated heterocycles. The second kappa shape index (κ2) is 6.87. The average molecular weight is 362 g/mol. The van der Waals surface area contributed by atoms with Gasteiger partial charge in [-0.25, -0.2) is 13.9 Å². The fourth-order valence-corrected chi connectivity index (χ4v) is 2.84. The molecule has 27 heavy (non-hydrogen) atoms. The molecule has 0 aliphatic carbocycles. The van der Waals surface area contributed by atoms with Crippen molar-refractivity contribution in [3.63, 3.8) is 0 Å². The first-order valence-electron chi connectivity index (χ1n) is 8.31. The summed E-state index contributed by atoms with van der Waals surface area (Å²) < 4.78 is 16.6. The van der Waals surface area contributed by atoms with Crippen LogP contribution in [0.3, 0.4) is 0 Å². The Morgan fingerprint density at radius 1 is 1.04 bits per heavy atom. The SMILES string of the molecule is O=C(Nc1cccc(Cn2nc3ccccn3c2=O)c1)c1ccccc1F. The zero-order valence-corrected chi connectivity index (χ0v) is 14.2. The summed E-state index contributed by atoms with van der Waals surface area (Å²) in [5.41, 5.74) is 1.58. The number of benzene rings is 2. The lowest BCUT2D eigenvalue weighted by atomic mass is 10.1. The maximum absolute atomic E-state index is 13.7. The van der Waals surface area contributed by atoms with Crippen LogP contribution in [0.15, 0.2) is 77.7 Å². The summed E-state index contributed by atoms with van der Waals surface area (Å²) in [5, 5.41) is 6.96. The summed E-state index contributed by atoms with van der Waals surface area (Å²) in [4.78, 5) is 24.6. The van der Waals surface area contributed by atoms with Crippen molar-refractivity contribution in [1.29, 1.82) is 0 Å². The van der Waals surface area contributed by atoms with Crippen LogP contribution in [0.5, 0.6) is 0 Å². The Hall–Kier alpha value is -3.74. The van der Waals surface area contributed by atoms with Gasteiger partial charge in [0.25, 0.3) is 5.91 Å². The summed E-state index contributed by atoms with van der Waals surface area (Å²) >= 11 is 0. The van der Waals surface area contributed by atoms with Crippen LogP contribution >= 0.6 is 0 Å². The van der Waals surface area contributed by atoms with Crippen LogP contribution in [0.4, 0.5) is 10.1 Å². The lowest BCUT2D eigenvalue weighted by Gasteiger charge is -2.08. The van der Waals surface area contributed by atoms with Gasteiger partial charge in [-0.1, -0.05) is 30.3 Å². The number of pyridine rings is 1. The molecule has 0 saturated carbocycles. The molecule has 0 atom stereocenters. The van der Waals surface area contributed by atoms with E-state index in [9.17, 15) is 14.0 Å². The van der Waals surface area contributed by atoms with Gasteiger partial charge in [-0.2, -0.15) is 0 Å². The first-order chi connectivity index (χ1) is 13.1. The van der Waals surface area contributed by atoms with E-state index < -0.39 is 11.7 Å². The van der Waals surface area contributed by atoms with Gasteiger partial charge in [-0.05, 0) is 42.0 Å². The summed E-state index contributed by atoms with van der Waals surface area (Å²) in [6.07, 6.45) is 1.66. The predicted molar refractivity (Wildman–Crippen MR) is 99.3 cm³/mol. The molecule has 0 fully saturated rings. The van der Waals surface area contributed by atoms with Gasteiger partial charge in [0, 0.05) is 11.9 Å². The minimum atomic E-state index is -0.581. The third kappa shape index (κ3) is 3.35. The molecule has 134 valence electrons. The number of nitrogens with zero attached hydrogens (tertiary/aromatic N) is 3. The van der Waals surface area contributed by atoms with Crippen LogP contribution in [-0.4, -0.2) is 20.1 Å². The number of fused-ring (bicyclic) bond motifs is 1. The topological polar surface area (TPSA) is 68.4 Å². The van der Waals surface area contributed by atoms with Crippen LogP contribution in [0.2, 0.25) is 0 Å². The molecule has 2 heterocycles. The van der Waals surface area contributed by atoms with Crippen molar-refractivity contribution in [2.75, 3.05) is 5.32 Å². The number of hydrogen-bond donors (Lipinski definition) is 1. The summed E-state index contributed by atoms with van der Waals surface area (Å²) in [6, 6.07) is 18.1. The van der Waals surface area contributed by atoms with Crippen LogP contribution in [0.25, 0.3) is 5.65 Å². The Kier molecular flexibility index (Phi) is 4.25. The zero-order chi connectivity index (χ0) is 18.8. The van der Waals surface area contributed by atoms with Crippen LogP contribution < -0.4 is 11.0 Å². The van der Waals surface area contributed by atoms with E-state index in [-0.39, 0.29) is 17.8 Å². The Morgan fingerprint density at radius 3 is 2.67 bits per heavy atom. The van der Waals surface area contributed by atoms with Gasteiger partial charge >= 0.3 is 5.69 Å². The summed E-state index contributed by atoms with van der Waals surface area (Å²) in [5.74, 6) is -1.11. The maximum atomic E-state index is 13.7. The molecule has 1 N–H and O–H groups in total. The normalized spacial score (nSPS) is 10.9. The standard InChI is InChI=1S/C20H15FN4O2/c21-17-9-2-1-8-16(17)19(26)22-15-7-5-6-14(12-15)13-25-20(27)24-11-4-3-10-18(24)23-25/h1-12H,13H2,(H,22,26). The number of amides is 1. The number of aromatic nitrogens is 3. The molecule has 0 aliphatic rings.